The average molecular weight is 243 g/mol. The van der Waals surface area contributed by atoms with Crippen LogP contribution in [0.2, 0.25) is 0 Å². The van der Waals surface area contributed by atoms with E-state index in [1.54, 1.807) is 0 Å². The van der Waals surface area contributed by atoms with E-state index < -0.39 is 11.6 Å². The molecule has 3 saturated heterocycles. The van der Waals surface area contributed by atoms with Crippen LogP contribution in [-0.4, -0.2) is 49.1 Å². The summed E-state index contributed by atoms with van der Waals surface area (Å²) in [5.74, 6) is -0.968. The summed E-state index contributed by atoms with van der Waals surface area (Å²) in [7, 11) is 0. The van der Waals surface area contributed by atoms with Gasteiger partial charge in [0.05, 0.1) is 12.6 Å². The van der Waals surface area contributed by atoms with Crippen molar-refractivity contribution in [2.75, 3.05) is 13.2 Å². The molecule has 0 saturated carbocycles. The van der Waals surface area contributed by atoms with Crippen LogP contribution in [0.5, 0.6) is 0 Å². The van der Waals surface area contributed by atoms with Crippen molar-refractivity contribution >= 4 is 0 Å². The Labute approximate surface area is 102 Å². The van der Waals surface area contributed by atoms with Crippen molar-refractivity contribution in [1.29, 1.82) is 0 Å². The van der Waals surface area contributed by atoms with Gasteiger partial charge in [0.15, 0.2) is 11.6 Å². The van der Waals surface area contributed by atoms with Gasteiger partial charge in [0, 0.05) is 6.54 Å². The fourth-order valence-electron chi connectivity index (χ4n) is 2.93. The highest BCUT2D eigenvalue weighted by Gasteiger charge is 2.53. The van der Waals surface area contributed by atoms with Crippen molar-refractivity contribution in [3.05, 3.63) is 0 Å². The second-order valence-corrected chi connectivity index (χ2v) is 5.94. The largest absolute Gasteiger partial charge is 0.348 e. The van der Waals surface area contributed by atoms with Gasteiger partial charge in [0.25, 0.3) is 0 Å². The molecule has 3 aliphatic rings. The summed E-state index contributed by atoms with van der Waals surface area (Å²) in [5, 5.41) is 3.42. The van der Waals surface area contributed by atoms with Gasteiger partial charge in [0.2, 0.25) is 0 Å². The zero-order chi connectivity index (χ0) is 12.3. The maximum Gasteiger partial charge on any atom is 0.163 e. The van der Waals surface area contributed by atoms with E-state index in [0.717, 1.165) is 6.54 Å². The van der Waals surface area contributed by atoms with E-state index in [9.17, 15) is 0 Å². The molecule has 0 unspecified atom stereocenters. The molecule has 3 heterocycles. The Kier molecular flexibility index (Phi) is 2.55. The Morgan fingerprint density at radius 2 is 1.65 bits per heavy atom. The lowest BCUT2D eigenvalue weighted by Crippen LogP contribution is -2.46. The molecule has 0 aromatic carbocycles. The molecule has 17 heavy (non-hydrogen) atoms. The van der Waals surface area contributed by atoms with Crippen LogP contribution in [0.15, 0.2) is 0 Å². The minimum Gasteiger partial charge on any atom is -0.348 e. The lowest BCUT2D eigenvalue weighted by atomic mass is 10.1. The number of hydrogen-bond donors (Lipinski definition) is 1. The first-order chi connectivity index (χ1) is 7.86. The lowest BCUT2D eigenvalue weighted by molar-refractivity contribution is -0.165. The Morgan fingerprint density at radius 3 is 2.29 bits per heavy atom. The van der Waals surface area contributed by atoms with E-state index in [4.69, 9.17) is 18.9 Å². The Morgan fingerprint density at radius 1 is 0.941 bits per heavy atom. The fraction of sp³-hybridized carbons (Fsp3) is 1.00. The third-order valence-electron chi connectivity index (χ3n) is 3.56. The molecular weight excluding hydrogens is 222 g/mol. The summed E-state index contributed by atoms with van der Waals surface area (Å²) in [5.41, 5.74) is 0. The second kappa shape index (κ2) is 3.65. The van der Waals surface area contributed by atoms with E-state index in [1.165, 1.54) is 0 Å². The van der Waals surface area contributed by atoms with Gasteiger partial charge in [-0.15, -0.1) is 0 Å². The maximum absolute atomic E-state index is 5.95. The molecule has 0 aromatic rings. The number of ether oxygens (including phenoxy) is 4. The summed E-state index contributed by atoms with van der Waals surface area (Å²) >= 11 is 0. The molecule has 0 radical (unpaired) electrons. The smallest absolute Gasteiger partial charge is 0.163 e. The van der Waals surface area contributed by atoms with Crippen molar-refractivity contribution in [2.24, 2.45) is 0 Å². The third kappa shape index (κ3) is 2.11. The van der Waals surface area contributed by atoms with Crippen molar-refractivity contribution in [3.63, 3.8) is 0 Å². The van der Waals surface area contributed by atoms with Crippen LogP contribution < -0.4 is 5.32 Å². The number of fused-ring (bicyclic) bond motifs is 1. The van der Waals surface area contributed by atoms with Gasteiger partial charge in [-0.25, -0.2) is 0 Å². The van der Waals surface area contributed by atoms with Crippen molar-refractivity contribution < 1.29 is 18.9 Å². The van der Waals surface area contributed by atoms with Crippen molar-refractivity contribution in [3.8, 4) is 0 Å². The molecule has 3 aliphatic heterocycles. The highest BCUT2D eigenvalue weighted by molar-refractivity contribution is 5.02. The van der Waals surface area contributed by atoms with E-state index in [1.807, 2.05) is 27.7 Å². The minimum absolute atomic E-state index is 0.0394. The second-order valence-electron chi connectivity index (χ2n) is 5.94. The molecule has 5 heteroatoms. The standard InChI is InChI=1S/C12H21NO4/c1-11(2)14-6-8(16-11)9-10-7(5-13-9)15-12(3,4)17-10/h7-10,13H,5-6H2,1-4H3/t7-,8+,9+,10-/m0/s1. The molecule has 0 aliphatic carbocycles. The minimum atomic E-state index is -0.487. The van der Waals surface area contributed by atoms with Crippen LogP contribution in [0.25, 0.3) is 0 Å². The van der Waals surface area contributed by atoms with E-state index in [2.05, 4.69) is 5.32 Å². The predicted molar refractivity (Wildman–Crippen MR) is 60.5 cm³/mol. The Balaban J connectivity index is 1.70. The first kappa shape index (κ1) is 11.9. The number of nitrogens with one attached hydrogen (secondary N) is 1. The van der Waals surface area contributed by atoms with Gasteiger partial charge in [-0.05, 0) is 27.7 Å². The summed E-state index contributed by atoms with van der Waals surface area (Å²) in [4.78, 5) is 0. The van der Waals surface area contributed by atoms with Gasteiger partial charge in [0.1, 0.15) is 18.3 Å². The summed E-state index contributed by atoms with van der Waals surface area (Å²) in [6, 6.07) is 0.156. The maximum atomic E-state index is 5.95. The van der Waals surface area contributed by atoms with Crippen molar-refractivity contribution in [1.82, 2.24) is 5.32 Å². The molecule has 1 N–H and O–H groups in total. The third-order valence-corrected chi connectivity index (χ3v) is 3.56. The van der Waals surface area contributed by atoms with Crippen LogP contribution in [0.3, 0.4) is 0 Å². The van der Waals surface area contributed by atoms with Gasteiger partial charge in [-0.3, -0.25) is 0 Å². The molecule has 0 bridgehead atoms. The monoisotopic (exact) mass is 243 g/mol. The summed E-state index contributed by atoms with van der Waals surface area (Å²) in [6.07, 6.45) is 0.229. The Hall–Kier alpha value is -0.200. The van der Waals surface area contributed by atoms with E-state index in [0.29, 0.717) is 6.61 Å². The van der Waals surface area contributed by atoms with Gasteiger partial charge in [-0.1, -0.05) is 0 Å². The van der Waals surface area contributed by atoms with Gasteiger partial charge in [-0.2, -0.15) is 0 Å². The topological polar surface area (TPSA) is 49.0 Å². The molecular formula is C12H21NO4. The first-order valence-electron chi connectivity index (χ1n) is 6.27. The zero-order valence-corrected chi connectivity index (χ0v) is 10.9. The predicted octanol–water partition coefficient (Wildman–Crippen LogP) is 0.630. The van der Waals surface area contributed by atoms with Crippen LogP contribution in [0.1, 0.15) is 27.7 Å². The molecule has 0 spiro atoms. The fourth-order valence-corrected chi connectivity index (χ4v) is 2.93. The molecule has 3 rings (SSSR count). The van der Waals surface area contributed by atoms with Gasteiger partial charge >= 0.3 is 0 Å². The van der Waals surface area contributed by atoms with Crippen molar-refractivity contribution in [2.45, 2.75) is 63.6 Å². The van der Waals surface area contributed by atoms with Crippen LogP contribution in [0, 0.1) is 0 Å². The summed E-state index contributed by atoms with van der Waals surface area (Å²) < 4.78 is 23.3. The molecule has 0 amide bonds. The summed E-state index contributed by atoms with van der Waals surface area (Å²) in [6.45, 7) is 9.22. The average Bonchev–Trinajstić information content (AvgIpc) is 2.77. The molecule has 4 atom stereocenters. The van der Waals surface area contributed by atoms with E-state index >= 15 is 0 Å². The van der Waals surface area contributed by atoms with Crippen LogP contribution in [0.4, 0.5) is 0 Å². The normalized spacial score (nSPS) is 47.3. The van der Waals surface area contributed by atoms with Crippen LogP contribution in [-0.2, 0) is 18.9 Å². The van der Waals surface area contributed by atoms with Gasteiger partial charge < -0.3 is 24.3 Å². The lowest BCUT2D eigenvalue weighted by Gasteiger charge is -2.26. The number of hydrogen-bond acceptors (Lipinski definition) is 5. The molecule has 0 aromatic heterocycles. The molecule has 98 valence electrons. The Bertz CT molecular complexity index is 318. The molecule has 5 nitrogen and oxygen atoms in total. The zero-order valence-electron chi connectivity index (χ0n) is 10.9. The quantitative estimate of drug-likeness (QED) is 0.732. The highest BCUT2D eigenvalue weighted by Crippen LogP contribution is 2.36. The highest BCUT2D eigenvalue weighted by atomic mass is 16.8. The SMILES string of the molecule is CC1(C)O[C@@H]2[C@@H]([C@H]3COC(C)(C)O3)NC[C@@H]2O1. The number of rotatable bonds is 1. The van der Waals surface area contributed by atoms with E-state index in [-0.39, 0.29) is 24.4 Å². The first-order valence-corrected chi connectivity index (χ1v) is 6.27. The van der Waals surface area contributed by atoms with Crippen LogP contribution >= 0.6 is 0 Å². The molecule has 3 fully saturated rings.